The second kappa shape index (κ2) is 7.37. The van der Waals surface area contributed by atoms with Crippen LogP contribution in [0, 0.1) is 5.82 Å². The van der Waals surface area contributed by atoms with Crippen molar-refractivity contribution < 1.29 is 14.2 Å². The predicted molar refractivity (Wildman–Crippen MR) is 88.0 cm³/mol. The van der Waals surface area contributed by atoms with Gasteiger partial charge in [-0.15, -0.1) is 0 Å². The number of rotatable bonds is 4. The first kappa shape index (κ1) is 15.7. The summed E-state index contributed by atoms with van der Waals surface area (Å²) in [5, 5.41) is 16.7. The number of phenols is 1. The van der Waals surface area contributed by atoms with E-state index in [-0.39, 0.29) is 16.7 Å². The Kier molecular flexibility index (Phi) is 5.26. The molecular formula is C15H14FN3O2S. The van der Waals surface area contributed by atoms with Crippen molar-refractivity contribution in [3.05, 3.63) is 53.8 Å². The normalized spacial score (nSPS) is 10.5. The van der Waals surface area contributed by atoms with Gasteiger partial charge in [-0.05, 0) is 60.2 Å². The van der Waals surface area contributed by atoms with Crippen LogP contribution < -0.4 is 15.5 Å². The quantitative estimate of drug-likeness (QED) is 0.459. The number of methoxy groups -OCH3 is 1. The number of hydrogen-bond donors (Lipinski definition) is 3. The summed E-state index contributed by atoms with van der Waals surface area (Å²) in [5.41, 5.74) is 3.95. The van der Waals surface area contributed by atoms with Gasteiger partial charge in [0.05, 0.1) is 13.3 Å². The molecule has 0 saturated heterocycles. The SMILES string of the molecule is COc1ccc(/C=N\NC(=S)Nc2ccc(F)cc2)cc1O. The van der Waals surface area contributed by atoms with Crippen molar-refractivity contribution in [3.8, 4) is 11.5 Å². The van der Waals surface area contributed by atoms with Gasteiger partial charge in [0.1, 0.15) is 5.82 Å². The molecule has 0 aliphatic heterocycles. The average molecular weight is 319 g/mol. The van der Waals surface area contributed by atoms with E-state index in [0.29, 0.717) is 17.0 Å². The number of nitrogens with one attached hydrogen (secondary N) is 2. The van der Waals surface area contributed by atoms with Crippen LogP contribution in [0.5, 0.6) is 11.5 Å². The molecule has 7 heteroatoms. The number of anilines is 1. The molecule has 0 atom stereocenters. The van der Waals surface area contributed by atoms with E-state index >= 15 is 0 Å². The van der Waals surface area contributed by atoms with Crippen molar-refractivity contribution in [1.29, 1.82) is 0 Å². The van der Waals surface area contributed by atoms with Crippen molar-refractivity contribution in [2.24, 2.45) is 5.10 Å². The third-order valence-electron chi connectivity index (χ3n) is 2.68. The zero-order chi connectivity index (χ0) is 15.9. The Bertz CT molecular complexity index is 690. The van der Waals surface area contributed by atoms with Crippen LogP contribution in [0.15, 0.2) is 47.6 Å². The number of aromatic hydroxyl groups is 1. The van der Waals surface area contributed by atoms with Gasteiger partial charge in [-0.2, -0.15) is 5.10 Å². The summed E-state index contributed by atoms with van der Waals surface area (Å²) in [6.07, 6.45) is 1.50. The Morgan fingerprint density at radius 1 is 1.27 bits per heavy atom. The van der Waals surface area contributed by atoms with Crippen molar-refractivity contribution in [2.75, 3.05) is 12.4 Å². The third-order valence-corrected chi connectivity index (χ3v) is 2.88. The second-order valence-electron chi connectivity index (χ2n) is 4.26. The number of thiocarbonyl (C=S) groups is 1. The van der Waals surface area contributed by atoms with E-state index in [1.165, 1.54) is 31.5 Å². The van der Waals surface area contributed by atoms with E-state index in [9.17, 15) is 9.50 Å². The highest BCUT2D eigenvalue weighted by atomic mass is 32.1. The van der Waals surface area contributed by atoms with Gasteiger partial charge in [-0.25, -0.2) is 4.39 Å². The molecule has 0 amide bonds. The molecule has 114 valence electrons. The van der Waals surface area contributed by atoms with Crippen molar-refractivity contribution >= 4 is 29.2 Å². The van der Waals surface area contributed by atoms with Gasteiger partial charge >= 0.3 is 0 Å². The minimum atomic E-state index is -0.318. The first-order chi connectivity index (χ1) is 10.6. The summed E-state index contributed by atoms with van der Waals surface area (Å²) in [6, 6.07) is 10.7. The first-order valence-corrected chi connectivity index (χ1v) is 6.72. The lowest BCUT2D eigenvalue weighted by Gasteiger charge is -2.06. The van der Waals surface area contributed by atoms with Gasteiger partial charge in [0.25, 0.3) is 0 Å². The number of halogens is 1. The van der Waals surface area contributed by atoms with Crippen molar-refractivity contribution in [2.45, 2.75) is 0 Å². The number of phenolic OH excluding ortho intramolecular Hbond substituents is 1. The molecule has 0 aliphatic rings. The van der Waals surface area contributed by atoms with Crippen LogP contribution in [0.4, 0.5) is 10.1 Å². The molecule has 0 aromatic heterocycles. The summed E-state index contributed by atoms with van der Waals surface area (Å²) in [4.78, 5) is 0. The summed E-state index contributed by atoms with van der Waals surface area (Å²) in [7, 11) is 1.48. The van der Waals surface area contributed by atoms with E-state index in [1.807, 2.05) is 0 Å². The molecule has 2 aromatic carbocycles. The number of hydrogen-bond acceptors (Lipinski definition) is 4. The number of benzene rings is 2. The van der Waals surface area contributed by atoms with Gasteiger partial charge in [-0.1, -0.05) is 0 Å². The molecule has 2 rings (SSSR count). The summed E-state index contributed by atoms with van der Waals surface area (Å²) < 4.78 is 17.7. The zero-order valence-electron chi connectivity index (χ0n) is 11.7. The van der Waals surface area contributed by atoms with E-state index in [2.05, 4.69) is 15.8 Å². The highest BCUT2D eigenvalue weighted by Gasteiger charge is 2.01. The smallest absolute Gasteiger partial charge is 0.191 e. The summed E-state index contributed by atoms with van der Waals surface area (Å²) >= 11 is 5.05. The highest BCUT2D eigenvalue weighted by molar-refractivity contribution is 7.80. The Labute approximate surface area is 132 Å². The van der Waals surface area contributed by atoms with Gasteiger partial charge in [0.15, 0.2) is 16.6 Å². The fraction of sp³-hybridized carbons (Fsp3) is 0.0667. The Hall–Kier alpha value is -2.67. The maximum atomic E-state index is 12.8. The van der Waals surface area contributed by atoms with Crippen LogP contribution in [-0.4, -0.2) is 23.5 Å². The number of nitrogens with zero attached hydrogens (tertiary/aromatic N) is 1. The Morgan fingerprint density at radius 3 is 2.64 bits per heavy atom. The van der Waals surface area contributed by atoms with Crippen LogP contribution in [0.2, 0.25) is 0 Å². The van der Waals surface area contributed by atoms with Crippen molar-refractivity contribution in [3.63, 3.8) is 0 Å². The van der Waals surface area contributed by atoms with Gasteiger partial charge in [-0.3, -0.25) is 5.43 Å². The molecule has 0 spiro atoms. The predicted octanol–water partition coefficient (Wildman–Crippen LogP) is 2.86. The molecule has 0 bridgehead atoms. The molecule has 3 N–H and O–H groups in total. The first-order valence-electron chi connectivity index (χ1n) is 6.31. The summed E-state index contributed by atoms with van der Waals surface area (Å²) in [5.74, 6) is 0.0961. The molecule has 2 aromatic rings. The van der Waals surface area contributed by atoms with Crippen molar-refractivity contribution in [1.82, 2.24) is 5.43 Å². The van der Waals surface area contributed by atoms with E-state index in [1.54, 1.807) is 24.3 Å². The van der Waals surface area contributed by atoms with E-state index in [4.69, 9.17) is 17.0 Å². The molecule has 0 aliphatic carbocycles. The molecule has 0 unspecified atom stereocenters. The molecule has 22 heavy (non-hydrogen) atoms. The lowest BCUT2D eigenvalue weighted by Crippen LogP contribution is -2.23. The third kappa shape index (κ3) is 4.42. The van der Waals surface area contributed by atoms with E-state index < -0.39 is 0 Å². The Balaban J connectivity index is 1.90. The van der Waals surface area contributed by atoms with Crippen LogP contribution in [-0.2, 0) is 0 Å². The van der Waals surface area contributed by atoms with Crippen LogP contribution >= 0.6 is 12.2 Å². The minimum Gasteiger partial charge on any atom is -0.504 e. The molecule has 0 radical (unpaired) electrons. The topological polar surface area (TPSA) is 65.9 Å². The minimum absolute atomic E-state index is 0.0264. The lowest BCUT2D eigenvalue weighted by atomic mass is 10.2. The Morgan fingerprint density at radius 2 is 2.00 bits per heavy atom. The second-order valence-corrected chi connectivity index (χ2v) is 4.67. The largest absolute Gasteiger partial charge is 0.504 e. The van der Waals surface area contributed by atoms with Crippen LogP contribution in [0.1, 0.15) is 5.56 Å². The highest BCUT2D eigenvalue weighted by Crippen LogP contribution is 2.25. The molecule has 0 heterocycles. The van der Waals surface area contributed by atoms with Crippen LogP contribution in [0.25, 0.3) is 0 Å². The van der Waals surface area contributed by atoms with Gasteiger partial charge in [0, 0.05) is 5.69 Å². The fourth-order valence-corrected chi connectivity index (χ4v) is 1.82. The van der Waals surface area contributed by atoms with Crippen LogP contribution in [0.3, 0.4) is 0 Å². The maximum absolute atomic E-state index is 12.8. The van der Waals surface area contributed by atoms with E-state index in [0.717, 1.165) is 0 Å². The number of hydrazone groups is 1. The van der Waals surface area contributed by atoms with Gasteiger partial charge < -0.3 is 15.2 Å². The summed E-state index contributed by atoms with van der Waals surface area (Å²) in [6.45, 7) is 0. The molecular weight excluding hydrogens is 305 g/mol. The molecule has 0 saturated carbocycles. The zero-order valence-corrected chi connectivity index (χ0v) is 12.5. The molecule has 0 fully saturated rings. The monoisotopic (exact) mass is 319 g/mol. The van der Waals surface area contributed by atoms with Gasteiger partial charge in [0.2, 0.25) is 0 Å². The fourth-order valence-electron chi connectivity index (χ4n) is 1.65. The lowest BCUT2D eigenvalue weighted by molar-refractivity contribution is 0.373. The molecule has 5 nitrogen and oxygen atoms in total. The maximum Gasteiger partial charge on any atom is 0.191 e. The number of ether oxygens (including phenoxy) is 1. The average Bonchev–Trinajstić information content (AvgIpc) is 2.50. The standard InChI is InChI=1S/C15H14FN3O2S/c1-21-14-7-2-10(8-13(14)20)9-17-19-15(22)18-12-5-3-11(16)4-6-12/h2-9,20H,1H3,(H2,18,19,22)/b17-9-.